The molecule has 0 fully saturated rings. The molecule has 0 aliphatic heterocycles. The summed E-state index contributed by atoms with van der Waals surface area (Å²) in [5.41, 5.74) is 0.944. The van der Waals surface area contributed by atoms with E-state index in [1.54, 1.807) is 0 Å². The molecule has 1 atom stereocenters. The molecule has 0 saturated carbocycles. The Morgan fingerprint density at radius 1 is 1.50 bits per heavy atom. The highest BCUT2D eigenvalue weighted by Crippen LogP contribution is 2.21. The third-order valence-electron chi connectivity index (χ3n) is 2.42. The Hall–Kier alpha value is -0.870. The first-order valence-electron chi connectivity index (χ1n) is 5.55. The van der Waals surface area contributed by atoms with Gasteiger partial charge >= 0.3 is 0 Å². The summed E-state index contributed by atoms with van der Waals surface area (Å²) in [4.78, 5) is 8.14. The van der Waals surface area contributed by atoms with Crippen LogP contribution < -0.4 is 5.32 Å². The van der Waals surface area contributed by atoms with Crippen molar-refractivity contribution in [2.24, 2.45) is 0 Å². The molecule has 1 unspecified atom stereocenters. The van der Waals surface area contributed by atoms with Crippen LogP contribution in [-0.4, -0.2) is 27.7 Å². The van der Waals surface area contributed by atoms with Crippen LogP contribution in [0.15, 0.2) is 6.33 Å². The number of aromatic nitrogens is 2. The Morgan fingerprint density at radius 3 is 2.88 bits per heavy atom. The molecule has 0 spiro atoms. The maximum absolute atomic E-state index is 8.75. The zero-order chi connectivity index (χ0) is 12.0. The number of halogens is 1. The Balaban J connectivity index is 2.69. The molecule has 1 aromatic heterocycles. The predicted molar refractivity (Wildman–Crippen MR) is 65.8 cm³/mol. The summed E-state index contributed by atoms with van der Waals surface area (Å²) in [6.07, 6.45) is 3.95. The molecular formula is C11H18ClN3O. The van der Waals surface area contributed by atoms with Crippen LogP contribution >= 0.6 is 11.6 Å². The van der Waals surface area contributed by atoms with Crippen LogP contribution in [0.2, 0.25) is 5.15 Å². The number of nitrogens with zero attached hydrogens (tertiary/aromatic N) is 2. The van der Waals surface area contributed by atoms with Gasteiger partial charge in [-0.1, -0.05) is 18.5 Å². The minimum atomic E-state index is 0.219. The average Bonchev–Trinajstić information content (AvgIpc) is 2.27. The van der Waals surface area contributed by atoms with Crippen molar-refractivity contribution in [3.8, 4) is 0 Å². The van der Waals surface area contributed by atoms with Gasteiger partial charge in [-0.2, -0.15) is 0 Å². The quantitative estimate of drug-likeness (QED) is 0.753. The fraction of sp³-hybridized carbons (Fsp3) is 0.636. The highest BCUT2D eigenvalue weighted by atomic mass is 35.5. The summed E-state index contributed by atoms with van der Waals surface area (Å²) < 4.78 is 0. The summed E-state index contributed by atoms with van der Waals surface area (Å²) in [5, 5.41) is 12.6. The molecule has 1 heterocycles. The van der Waals surface area contributed by atoms with Crippen molar-refractivity contribution >= 4 is 17.4 Å². The third-order valence-corrected chi connectivity index (χ3v) is 2.75. The van der Waals surface area contributed by atoms with E-state index in [4.69, 9.17) is 16.7 Å². The molecule has 0 bridgehead atoms. The maximum atomic E-state index is 8.75. The lowest BCUT2D eigenvalue weighted by atomic mass is 10.1. The Labute approximate surface area is 101 Å². The van der Waals surface area contributed by atoms with Crippen molar-refractivity contribution in [1.82, 2.24) is 9.97 Å². The highest BCUT2D eigenvalue weighted by molar-refractivity contribution is 6.30. The molecule has 5 heteroatoms. The smallest absolute Gasteiger partial charge is 0.137 e. The van der Waals surface area contributed by atoms with E-state index in [1.165, 1.54) is 6.33 Å². The normalized spacial score (nSPS) is 12.5. The second kappa shape index (κ2) is 6.66. The lowest BCUT2D eigenvalue weighted by molar-refractivity contribution is 0.282. The molecule has 2 N–H and O–H groups in total. The molecule has 0 radical (unpaired) electrons. The minimum absolute atomic E-state index is 0.219. The second-order valence-electron chi connectivity index (χ2n) is 3.76. The van der Waals surface area contributed by atoms with Gasteiger partial charge in [-0.25, -0.2) is 9.97 Å². The van der Waals surface area contributed by atoms with E-state index < -0.39 is 0 Å². The van der Waals surface area contributed by atoms with E-state index in [0.717, 1.165) is 30.6 Å². The average molecular weight is 244 g/mol. The highest BCUT2D eigenvalue weighted by Gasteiger charge is 2.10. The van der Waals surface area contributed by atoms with Gasteiger partial charge in [-0.3, -0.25) is 0 Å². The zero-order valence-corrected chi connectivity index (χ0v) is 10.5. The molecule has 4 nitrogen and oxygen atoms in total. The number of aliphatic hydroxyl groups excluding tert-OH is 1. The predicted octanol–water partition coefficient (Wildman–Crippen LogP) is 2.27. The topological polar surface area (TPSA) is 58.0 Å². The molecule has 0 aliphatic carbocycles. The third kappa shape index (κ3) is 3.61. The second-order valence-corrected chi connectivity index (χ2v) is 4.11. The van der Waals surface area contributed by atoms with Gasteiger partial charge in [0.15, 0.2) is 0 Å². The van der Waals surface area contributed by atoms with Gasteiger partial charge in [0.25, 0.3) is 0 Å². The standard InChI is InChI=1S/C11H18ClN3O/c1-3-9-10(12)13-7-14-11(9)15-8(2)5-4-6-16/h7-8,16H,3-6H2,1-2H3,(H,13,14,15). The van der Waals surface area contributed by atoms with Crippen molar-refractivity contribution < 1.29 is 5.11 Å². The number of hydrogen-bond donors (Lipinski definition) is 2. The lowest BCUT2D eigenvalue weighted by Crippen LogP contribution is -2.18. The van der Waals surface area contributed by atoms with E-state index in [0.29, 0.717) is 5.15 Å². The maximum Gasteiger partial charge on any atom is 0.137 e. The first kappa shape index (κ1) is 13.2. The molecule has 1 rings (SSSR count). The van der Waals surface area contributed by atoms with Crippen LogP contribution in [-0.2, 0) is 6.42 Å². The number of anilines is 1. The Kier molecular flexibility index (Phi) is 5.49. The summed E-state index contributed by atoms with van der Waals surface area (Å²) in [6, 6.07) is 0.267. The summed E-state index contributed by atoms with van der Waals surface area (Å²) in [5.74, 6) is 0.799. The van der Waals surface area contributed by atoms with Gasteiger partial charge in [0.1, 0.15) is 17.3 Å². The molecule has 0 aromatic carbocycles. The molecule has 1 aromatic rings. The van der Waals surface area contributed by atoms with Crippen LogP contribution in [0.5, 0.6) is 0 Å². The van der Waals surface area contributed by atoms with E-state index in [2.05, 4.69) is 22.2 Å². The van der Waals surface area contributed by atoms with E-state index >= 15 is 0 Å². The molecular weight excluding hydrogens is 226 g/mol. The van der Waals surface area contributed by atoms with Crippen molar-refractivity contribution in [2.45, 2.75) is 39.2 Å². The summed E-state index contributed by atoms with van der Waals surface area (Å²) >= 11 is 5.99. The van der Waals surface area contributed by atoms with Crippen LogP contribution in [0.1, 0.15) is 32.3 Å². The van der Waals surface area contributed by atoms with Crippen LogP contribution in [0.4, 0.5) is 5.82 Å². The van der Waals surface area contributed by atoms with Gasteiger partial charge in [-0.15, -0.1) is 0 Å². The first-order valence-corrected chi connectivity index (χ1v) is 5.93. The van der Waals surface area contributed by atoms with Gasteiger partial charge in [0.2, 0.25) is 0 Å². The number of hydrogen-bond acceptors (Lipinski definition) is 4. The molecule has 0 aliphatic rings. The van der Waals surface area contributed by atoms with Gasteiger partial charge in [0.05, 0.1) is 0 Å². The van der Waals surface area contributed by atoms with Crippen molar-refractivity contribution in [3.63, 3.8) is 0 Å². The van der Waals surface area contributed by atoms with Crippen LogP contribution in [0, 0.1) is 0 Å². The van der Waals surface area contributed by atoms with E-state index in [9.17, 15) is 0 Å². The van der Waals surface area contributed by atoms with Gasteiger partial charge < -0.3 is 10.4 Å². The van der Waals surface area contributed by atoms with Gasteiger partial charge in [0, 0.05) is 18.2 Å². The Morgan fingerprint density at radius 2 is 2.25 bits per heavy atom. The number of aliphatic hydroxyl groups is 1. The molecule has 16 heavy (non-hydrogen) atoms. The molecule has 90 valence electrons. The number of rotatable bonds is 6. The first-order chi connectivity index (χ1) is 7.69. The van der Waals surface area contributed by atoms with E-state index in [1.807, 2.05) is 6.92 Å². The summed E-state index contributed by atoms with van der Waals surface area (Å²) in [6.45, 7) is 4.30. The number of nitrogens with one attached hydrogen (secondary N) is 1. The fourth-order valence-electron chi connectivity index (χ4n) is 1.53. The van der Waals surface area contributed by atoms with Gasteiger partial charge in [-0.05, 0) is 26.2 Å². The van der Waals surface area contributed by atoms with E-state index in [-0.39, 0.29) is 12.6 Å². The van der Waals surface area contributed by atoms with Crippen molar-refractivity contribution in [1.29, 1.82) is 0 Å². The molecule has 0 amide bonds. The minimum Gasteiger partial charge on any atom is -0.396 e. The van der Waals surface area contributed by atoms with Crippen LogP contribution in [0.25, 0.3) is 0 Å². The SMILES string of the molecule is CCc1c(Cl)ncnc1NC(C)CCCO. The summed E-state index contributed by atoms with van der Waals surface area (Å²) in [7, 11) is 0. The monoisotopic (exact) mass is 243 g/mol. The lowest BCUT2D eigenvalue weighted by Gasteiger charge is -2.16. The van der Waals surface area contributed by atoms with Crippen molar-refractivity contribution in [3.05, 3.63) is 17.0 Å². The fourth-order valence-corrected chi connectivity index (χ4v) is 1.80. The van der Waals surface area contributed by atoms with Crippen molar-refractivity contribution in [2.75, 3.05) is 11.9 Å². The van der Waals surface area contributed by atoms with Crippen LogP contribution in [0.3, 0.4) is 0 Å². The molecule has 0 saturated heterocycles. The largest absolute Gasteiger partial charge is 0.396 e. The zero-order valence-electron chi connectivity index (χ0n) is 9.70. The Bertz CT molecular complexity index is 333.